The Morgan fingerprint density at radius 3 is 2.24 bits per heavy atom. The van der Waals surface area contributed by atoms with Crippen molar-refractivity contribution < 1.29 is 23.2 Å². The van der Waals surface area contributed by atoms with Gasteiger partial charge in [-0.15, -0.1) is 0 Å². The Hall–Kier alpha value is -1.28. The molecule has 4 saturated carbocycles. The third-order valence-corrected chi connectivity index (χ3v) is 14.9. The van der Waals surface area contributed by atoms with E-state index in [4.69, 9.17) is 15.6 Å². The lowest BCUT2D eigenvalue weighted by Gasteiger charge is -2.72. The molecule has 0 aliphatic heterocycles. The first-order chi connectivity index (χ1) is 18.8. The summed E-state index contributed by atoms with van der Waals surface area (Å²) in [7, 11) is -3.16. The monoisotopic (exact) mass is 585 g/mol. The van der Waals surface area contributed by atoms with Crippen molar-refractivity contribution >= 4 is 19.2 Å². The van der Waals surface area contributed by atoms with Crippen molar-refractivity contribution in [2.75, 3.05) is 19.9 Å². The number of allylic oxidation sites excluding steroid dienone is 2. The van der Waals surface area contributed by atoms with Crippen LogP contribution < -0.4 is 0 Å². The molecule has 7 heteroatoms. The van der Waals surface area contributed by atoms with E-state index in [1.54, 1.807) is 6.66 Å². The van der Waals surface area contributed by atoms with E-state index in [-0.39, 0.29) is 62.2 Å². The second-order valence-corrected chi connectivity index (χ2v) is 18.5. The Morgan fingerprint density at radius 2 is 1.61 bits per heavy atom. The predicted molar refractivity (Wildman–Crippen MR) is 161 cm³/mol. The van der Waals surface area contributed by atoms with Crippen LogP contribution in [0, 0.1) is 62.7 Å². The molecule has 41 heavy (non-hydrogen) atoms. The van der Waals surface area contributed by atoms with Gasteiger partial charge in [0.2, 0.25) is 5.70 Å². The molecule has 0 heterocycles. The molecule has 5 aliphatic carbocycles. The van der Waals surface area contributed by atoms with Gasteiger partial charge in [0.1, 0.15) is 5.78 Å². The molecule has 5 rings (SSSR count). The molecular weight excluding hydrogens is 533 g/mol. The molecule has 4 fully saturated rings. The summed E-state index contributed by atoms with van der Waals surface area (Å²) in [6.07, 6.45) is 9.29. The second-order valence-electron chi connectivity index (χ2n) is 16.5. The maximum Gasteiger partial charge on any atom is 0.327 e. The Kier molecular flexibility index (Phi) is 7.30. The second kappa shape index (κ2) is 9.61. The molecule has 5 aliphatic rings. The lowest BCUT2D eigenvalue weighted by atomic mass is 9.32. The van der Waals surface area contributed by atoms with Crippen molar-refractivity contribution in [1.29, 1.82) is 0 Å². The number of hydrogen-bond acceptors (Lipinski definition) is 5. The predicted octanol–water partition coefficient (Wildman–Crippen LogP) is 8.52. The molecule has 0 bridgehead atoms. The van der Waals surface area contributed by atoms with Crippen LogP contribution in [0.4, 0.5) is 0 Å². The number of carbonyl (C=O) groups is 2. The quantitative estimate of drug-likeness (QED) is 0.239. The van der Waals surface area contributed by atoms with Crippen LogP contribution in [0.3, 0.4) is 0 Å². The van der Waals surface area contributed by atoms with Crippen molar-refractivity contribution in [2.45, 2.75) is 107 Å². The average molecular weight is 586 g/mol. The van der Waals surface area contributed by atoms with Gasteiger partial charge in [-0.1, -0.05) is 54.5 Å². The highest BCUT2D eigenvalue weighted by molar-refractivity contribution is 7.52. The fraction of sp³-hybridized carbons (Fsp3) is 0.853. The summed E-state index contributed by atoms with van der Waals surface area (Å²) in [5, 5.41) is 0. The Balaban J connectivity index is 1.57. The van der Waals surface area contributed by atoms with Gasteiger partial charge in [0.25, 0.3) is 0 Å². The topological polar surface area (TPSA) is 74.0 Å². The number of Topliss-reactive ketones (excluding diaryl/α,β-unsaturated/α-hetero) is 2. The lowest BCUT2D eigenvalue weighted by molar-refractivity contribution is -0.225. The summed E-state index contributed by atoms with van der Waals surface area (Å²) in [5.74, 6) is 0.590. The molecule has 228 valence electrons. The summed E-state index contributed by atoms with van der Waals surface area (Å²) >= 11 is 0. The highest BCUT2D eigenvalue weighted by Crippen LogP contribution is 2.76. The molecule has 0 N–H and O–H groups in total. The fourth-order valence-corrected chi connectivity index (χ4v) is 12.2. The summed E-state index contributed by atoms with van der Waals surface area (Å²) in [6, 6.07) is 0. The van der Waals surface area contributed by atoms with Gasteiger partial charge in [-0.2, -0.15) is 0 Å². The molecule has 0 aromatic carbocycles. The number of carbonyl (C=O) groups excluding carboxylic acids is 2. The third kappa shape index (κ3) is 4.42. The molecular formula is C34H52NO5P. The van der Waals surface area contributed by atoms with E-state index < -0.39 is 13.0 Å². The van der Waals surface area contributed by atoms with E-state index in [0.29, 0.717) is 25.4 Å². The van der Waals surface area contributed by atoms with Gasteiger partial charge in [0, 0.05) is 24.4 Å². The van der Waals surface area contributed by atoms with Crippen LogP contribution in [0.25, 0.3) is 4.85 Å². The molecule has 6 nitrogen and oxygen atoms in total. The average Bonchev–Trinajstić information content (AvgIpc) is 2.87. The standard InChI is InChI=1S/C34H52NO5P/c1-11-39-41(10,38)40-21-34-16-14-29(2,3)19-22(34)27-24(36)18-26-31(6)20-23(35-9)28(37)30(4,5)25(31)12-13-32(26,7)33(27,8)15-17-34/h20,22,25-27H,11-19,21H2,1-8,10H3/t22-,25-,26+,27-,31-,32+,33+,34+,41?/m0/s1. The summed E-state index contributed by atoms with van der Waals surface area (Å²) < 4.78 is 24.6. The van der Waals surface area contributed by atoms with Crippen LogP contribution in [-0.4, -0.2) is 31.4 Å². The number of ketones is 2. The largest absolute Gasteiger partial charge is 0.327 e. The van der Waals surface area contributed by atoms with Crippen LogP contribution in [0.1, 0.15) is 107 Å². The third-order valence-electron chi connectivity index (χ3n) is 13.6. The number of hydrogen-bond donors (Lipinski definition) is 0. The van der Waals surface area contributed by atoms with E-state index in [1.165, 1.54) is 0 Å². The fourth-order valence-electron chi connectivity index (χ4n) is 11.2. The molecule has 0 amide bonds. The van der Waals surface area contributed by atoms with Crippen LogP contribution >= 0.6 is 7.60 Å². The van der Waals surface area contributed by atoms with Crippen molar-refractivity contribution in [3.05, 3.63) is 23.2 Å². The van der Waals surface area contributed by atoms with Crippen molar-refractivity contribution in [3.8, 4) is 0 Å². The van der Waals surface area contributed by atoms with Gasteiger partial charge in [0.05, 0.1) is 19.8 Å². The van der Waals surface area contributed by atoms with Crippen LogP contribution in [0.5, 0.6) is 0 Å². The van der Waals surface area contributed by atoms with E-state index in [1.807, 2.05) is 26.8 Å². The molecule has 1 unspecified atom stereocenters. The molecule has 0 aromatic heterocycles. The zero-order valence-electron chi connectivity index (χ0n) is 26.9. The number of nitrogens with zero attached hydrogens (tertiary/aromatic N) is 1. The van der Waals surface area contributed by atoms with Crippen LogP contribution in [0.15, 0.2) is 11.8 Å². The number of rotatable bonds is 5. The van der Waals surface area contributed by atoms with Gasteiger partial charge in [-0.05, 0) is 96.7 Å². The smallest absolute Gasteiger partial charge is 0.309 e. The van der Waals surface area contributed by atoms with Crippen molar-refractivity contribution in [1.82, 2.24) is 0 Å². The zero-order chi connectivity index (χ0) is 30.4. The Labute approximate surface area is 248 Å². The first-order valence-electron chi connectivity index (χ1n) is 15.9. The van der Waals surface area contributed by atoms with Crippen molar-refractivity contribution in [2.24, 2.45) is 56.2 Å². The lowest BCUT2D eigenvalue weighted by Crippen LogP contribution is -2.68. The first kappa shape index (κ1) is 31.2. The maximum absolute atomic E-state index is 14.7. The van der Waals surface area contributed by atoms with Crippen molar-refractivity contribution in [3.63, 3.8) is 0 Å². The van der Waals surface area contributed by atoms with Gasteiger partial charge in [0.15, 0.2) is 5.78 Å². The molecule has 0 aromatic rings. The highest BCUT2D eigenvalue weighted by atomic mass is 31.2. The van der Waals surface area contributed by atoms with E-state index in [9.17, 15) is 14.2 Å². The SMILES string of the molecule is [C-]#[N+]C1=C[C@]2(C)[C@H]3CC(=O)[C@@H]4[C@@H]5CC(C)(C)CC[C@]5(COP(C)(=O)OCC)CC[C@@]4(C)[C@]3(C)CC[C@H]2C(C)(C)C1=O. The van der Waals surface area contributed by atoms with E-state index >= 15 is 0 Å². The summed E-state index contributed by atoms with van der Waals surface area (Å²) in [4.78, 5) is 31.7. The van der Waals surface area contributed by atoms with Gasteiger partial charge in [-0.3, -0.25) is 9.36 Å². The van der Waals surface area contributed by atoms with E-state index in [0.717, 1.165) is 44.9 Å². The number of fused-ring (bicyclic) bond motifs is 7. The molecule has 0 saturated heterocycles. The van der Waals surface area contributed by atoms with Gasteiger partial charge >= 0.3 is 7.60 Å². The molecule has 0 radical (unpaired) electrons. The molecule has 9 atom stereocenters. The van der Waals surface area contributed by atoms with Gasteiger partial charge < -0.3 is 13.8 Å². The normalized spacial score (nSPS) is 46.1. The van der Waals surface area contributed by atoms with Crippen LogP contribution in [0.2, 0.25) is 0 Å². The first-order valence-corrected chi connectivity index (χ1v) is 17.9. The summed E-state index contributed by atoms with van der Waals surface area (Å²) in [6.45, 7) is 27.7. The minimum Gasteiger partial charge on any atom is -0.309 e. The minimum absolute atomic E-state index is 0.0445. The van der Waals surface area contributed by atoms with Crippen LogP contribution in [-0.2, 0) is 23.2 Å². The zero-order valence-corrected chi connectivity index (χ0v) is 27.8. The van der Waals surface area contributed by atoms with E-state index in [2.05, 4.69) is 39.5 Å². The molecule has 0 spiro atoms. The maximum atomic E-state index is 14.7. The van der Waals surface area contributed by atoms with Gasteiger partial charge in [-0.25, -0.2) is 4.85 Å². The Morgan fingerprint density at radius 1 is 0.951 bits per heavy atom. The summed E-state index contributed by atoms with van der Waals surface area (Å²) in [5.41, 5.74) is -1.10. The minimum atomic E-state index is -3.16. The Bertz CT molecular complexity index is 1260. The highest BCUT2D eigenvalue weighted by Gasteiger charge is 2.72.